The summed E-state index contributed by atoms with van der Waals surface area (Å²) < 4.78 is 0. The van der Waals surface area contributed by atoms with E-state index >= 15 is 0 Å². The average Bonchev–Trinajstić information content (AvgIpc) is 2.05. The van der Waals surface area contributed by atoms with Gasteiger partial charge in [0.2, 0.25) is 0 Å². The fourth-order valence-corrected chi connectivity index (χ4v) is 1.03. The normalized spacial score (nSPS) is 8.38. The van der Waals surface area contributed by atoms with Crippen molar-refractivity contribution in [1.82, 2.24) is 0 Å². The van der Waals surface area contributed by atoms with E-state index in [-0.39, 0.29) is 35.3 Å². The van der Waals surface area contributed by atoms with Crippen molar-refractivity contribution in [2.75, 3.05) is 0 Å². The number of carbonyl (C=O) groups is 1. The minimum Gasteiger partial charge on any atom is -0.295 e. The Morgan fingerprint density at radius 1 is 1.54 bits per heavy atom. The molecule has 0 heterocycles. The molecule has 0 spiro atoms. The number of hydrogen-bond donors (Lipinski definition) is 1. The molecule has 0 N–H and O–H groups in total. The number of benzene rings is 1. The van der Waals surface area contributed by atoms with Crippen LogP contribution in [0, 0.1) is 11.3 Å². The summed E-state index contributed by atoms with van der Waals surface area (Å²) in [6.07, 6.45) is 0. The van der Waals surface area contributed by atoms with Crippen LogP contribution in [-0.4, -0.2) is 35.3 Å². The molecule has 1 radical (unpaired) electrons. The van der Waals surface area contributed by atoms with Crippen LogP contribution in [0.25, 0.3) is 0 Å². The van der Waals surface area contributed by atoms with E-state index in [9.17, 15) is 4.79 Å². The quantitative estimate of drug-likeness (QED) is 0.425. The largest absolute Gasteiger partial charge is 0.295 e. The average molecular weight is 200 g/mol. The summed E-state index contributed by atoms with van der Waals surface area (Å²) in [6.45, 7) is 1.47. The molecule has 13 heavy (non-hydrogen) atoms. The molecule has 1 aromatic carbocycles. The van der Waals surface area contributed by atoms with Crippen LogP contribution < -0.4 is 0 Å². The van der Waals surface area contributed by atoms with Crippen molar-refractivity contribution < 1.29 is 4.79 Å². The summed E-state index contributed by atoms with van der Waals surface area (Å²) in [6, 6.07) is 6.82. The van der Waals surface area contributed by atoms with E-state index in [1.54, 1.807) is 18.2 Å². The van der Waals surface area contributed by atoms with Crippen molar-refractivity contribution in [3.63, 3.8) is 0 Å². The van der Waals surface area contributed by atoms with Crippen LogP contribution in [0.2, 0.25) is 0 Å². The third-order valence-electron chi connectivity index (χ3n) is 1.52. The SMILES string of the molecule is CC(=O)c1ccc(S)c(C#N)c1.[Na]. The summed E-state index contributed by atoms with van der Waals surface area (Å²) >= 11 is 4.06. The number of nitrogens with zero attached hydrogens (tertiary/aromatic N) is 1. The predicted molar refractivity (Wildman–Crippen MR) is 54.2 cm³/mol. The van der Waals surface area contributed by atoms with Crippen LogP contribution in [0.1, 0.15) is 22.8 Å². The van der Waals surface area contributed by atoms with Gasteiger partial charge in [0.05, 0.1) is 5.56 Å². The van der Waals surface area contributed by atoms with Gasteiger partial charge < -0.3 is 0 Å². The second-order valence-corrected chi connectivity index (χ2v) is 2.88. The minimum atomic E-state index is -0.0418. The van der Waals surface area contributed by atoms with E-state index in [1.807, 2.05) is 6.07 Å². The predicted octanol–water partition coefficient (Wildman–Crippen LogP) is 1.67. The summed E-state index contributed by atoms with van der Waals surface area (Å²) in [5, 5.41) is 8.61. The molecule has 0 aliphatic rings. The van der Waals surface area contributed by atoms with E-state index in [0.717, 1.165) is 0 Å². The van der Waals surface area contributed by atoms with Crippen LogP contribution in [0.15, 0.2) is 23.1 Å². The zero-order chi connectivity index (χ0) is 9.14. The Kier molecular flexibility index (Phi) is 5.34. The van der Waals surface area contributed by atoms with Crippen LogP contribution in [-0.2, 0) is 0 Å². The topological polar surface area (TPSA) is 40.9 Å². The van der Waals surface area contributed by atoms with Crippen LogP contribution >= 0.6 is 12.6 Å². The molecule has 0 aliphatic heterocycles. The zero-order valence-electron chi connectivity index (χ0n) is 7.53. The Morgan fingerprint density at radius 3 is 2.62 bits per heavy atom. The molecule has 0 aliphatic carbocycles. The van der Waals surface area contributed by atoms with Gasteiger partial charge in [-0.15, -0.1) is 12.6 Å². The summed E-state index contributed by atoms with van der Waals surface area (Å²) in [5.74, 6) is -0.0418. The van der Waals surface area contributed by atoms with Gasteiger partial charge in [-0.2, -0.15) is 5.26 Å². The van der Waals surface area contributed by atoms with Crippen molar-refractivity contribution >= 4 is 48.0 Å². The first-order valence-corrected chi connectivity index (χ1v) is 3.84. The van der Waals surface area contributed by atoms with Gasteiger partial charge in [-0.05, 0) is 19.1 Å². The molecular weight excluding hydrogens is 193 g/mol. The third kappa shape index (κ3) is 3.17. The summed E-state index contributed by atoms with van der Waals surface area (Å²) in [7, 11) is 0. The van der Waals surface area contributed by atoms with E-state index < -0.39 is 0 Å². The Balaban J connectivity index is 0.00000144. The van der Waals surface area contributed by atoms with Gasteiger partial charge in [-0.25, -0.2) is 0 Å². The first-order valence-electron chi connectivity index (χ1n) is 3.39. The molecule has 0 bridgehead atoms. The van der Waals surface area contributed by atoms with Crippen molar-refractivity contribution in [1.29, 1.82) is 5.26 Å². The van der Waals surface area contributed by atoms with E-state index in [0.29, 0.717) is 16.0 Å². The van der Waals surface area contributed by atoms with Gasteiger partial charge in [0.25, 0.3) is 0 Å². The number of rotatable bonds is 1. The van der Waals surface area contributed by atoms with Gasteiger partial charge in [-0.1, -0.05) is 6.07 Å². The standard InChI is InChI=1S/C9H7NOS.Na/c1-6(11)7-2-3-9(12)8(4-7)5-10;/h2-4,12H,1H3;. The molecule has 1 aromatic rings. The monoisotopic (exact) mass is 200 g/mol. The van der Waals surface area contributed by atoms with E-state index in [1.165, 1.54) is 6.92 Å². The van der Waals surface area contributed by atoms with E-state index in [2.05, 4.69) is 12.6 Å². The smallest absolute Gasteiger partial charge is 0.159 e. The number of carbonyl (C=O) groups excluding carboxylic acids is 1. The molecule has 61 valence electrons. The molecule has 0 unspecified atom stereocenters. The Labute approximate surface area is 105 Å². The zero-order valence-corrected chi connectivity index (χ0v) is 10.4. The fraction of sp³-hybridized carbons (Fsp3) is 0.111. The number of ketones is 1. The Hall–Kier alpha value is -0.270. The molecule has 0 amide bonds. The summed E-state index contributed by atoms with van der Waals surface area (Å²) in [5.41, 5.74) is 0.982. The van der Waals surface area contributed by atoms with Gasteiger partial charge >= 0.3 is 0 Å². The number of nitriles is 1. The van der Waals surface area contributed by atoms with Crippen molar-refractivity contribution in [3.8, 4) is 6.07 Å². The van der Waals surface area contributed by atoms with Gasteiger partial charge in [0.15, 0.2) is 5.78 Å². The molecule has 1 rings (SSSR count). The van der Waals surface area contributed by atoms with Crippen LogP contribution in [0.4, 0.5) is 0 Å². The summed E-state index contributed by atoms with van der Waals surface area (Å²) in [4.78, 5) is 11.5. The first-order chi connectivity index (χ1) is 5.65. The molecule has 0 fully saturated rings. The molecular formula is C9H7NNaOS. The first kappa shape index (κ1) is 12.7. The molecule has 2 nitrogen and oxygen atoms in total. The second-order valence-electron chi connectivity index (χ2n) is 2.40. The maximum absolute atomic E-state index is 10.9. The van der Waals surface area contributed by atoms with Gasteiger partial charge in [0, 0.05) is 40.0 Å². The number of hydrogen-bond acceptors (Lipinski definition) is 3. The van der Waals surface area contributed by atoms with Crippen molar-refractivity contribution in [2.24, 2.45) is 0 Å². The van der Waals surface area contributed by atoms with Gasteiger partial charge in [0.1, 0.15) is 6.07 Å². The van der Waals surface area contributed by atoms with Gasteiger partial charge in [-0.3, -0.25) is 4.79 Å². The minimum absolute atomic E-state index is 0. The maximum Gasteiger partial charge on any atom is 0.159 e. The maximum atomic E-state index is 10.9. The number of thiol groups is 1. The van der Waals surface area contributed by atoms with Crippen molar-refractivity contribution in [2.45, 2.75) is 11.8 Å². The van der Waals surface area contributed by atoms with Crippen molar-refractivity contribution in [3.05, 3.63) is 29.3 Å². The molecule has 0 saturated carbocycles. The number of Topliss-reactive ketones (excluding diaryl/α,β-unsaturated/α-hetero) is 1. The molecule has 0 saturated heterocycles. The molecule has 4 heteroatoms. The molecule has 0 aromatic heterocycles. The van der Waals surface area contributed by atoms with Crippen LogP contribution in [0.3, 0.4) is 0 Å². The Bertz CT molecular complexity index is 370. The van der Waals surface area contributed by atoms with E-state index in [4.69, 9.17) is 5.26 Å². The third-order valence-corrected chi connectivity index (χ3v) is 1.91. The second kappa shape index (κ2) is 5.46. The van der Waals surface area contributed by atoms with Crippen LogP contribution in [0.5, 0.6) is 0 Å². The molecule has 0 atom stereocenters. The Morgan fingerprint density at radius 2 is 2.15 bits per heavy atom. The fourth-order valence-electron chi connectivity index (χ4n) is 0.845.